The van der Waals surface area contributed by atoms with Crippen LogP contribution in [0.15, 0.2) is 24.3 Å². The number of halogens is 1. The van der Waals surface area contributed by atoms with E-state index >= 15 is 0 Å². The molecule has 1 aliphatic carbocycles. The van der Waals surface area contributed by atoms with E-state index in [4.69, 9.17) is 4.74 Å². The molecular formula is C16H22FNO2. The normalized spacial score (nSPS) is 14.8. The van der Waals surface area contributed by atoms with E-state index in [1.165, 1.54) is 25.0 Å². The Morgan fingerprint density at radius 3 is 2.60 bits per heavy atom. The number of carbonyl (C=O) groups excluding carboxylic acids is 1. The molecule has 0 aliphatic heterocycles. The fourth-order valence-corrected chi connectivity index (χ4v) is 2.35. The topological polar surface area (TPSA) is 29.5 Å². The Balaban J connectivity index is 1.73. The second-order valence-corrected chi connectivity index (χ2v) is 5.29. The summed E-state index contributed by atoms with van der Waals surface area (Å²) in [7, 11) is 1.71. The maximum absolute atomic E-state index is 12.8. The fraction of sp³-hybridized carbons (Fsp3) is 0.562. The van der Waals surface area contributed by atoms with E-state index in [0.717, 1.165) is 26.1 Å². The van der Waals surface area contributed by atoms with Gasteiger partial charge in [0.25, 0.3) is 0 Å². The summed E-state index contributed by atoms with van der Waals surface area (Å²) in [5.74, 6) is -0.214. The van der Waals surface area contributed by atoms with Crippen LogP contribution in [0.25, 0.3) is 0 Å². The molecule has 0 amide bonds. The monoisotopic (exact) mass is 279 g/mol. The highest BCUT2D eigenvalue weighted by Gasteiger charge is 2.28. The summed E-state index contributed by atoms with van der Waals surface area (Å²) >= 11 is 0. The number of hydrogen-bond acceptors (Lipinski definition) is 3. The minimum atomic E-state index is -0.305. The summed E-state index contributed by atoms with van der Waals surface area (Å²) in [4.78, 5) is 14.4. The first-order chi connectivity index (χ1) is 9.70. The van der Waals surface area contributed by atoms with Crippen LogP contribution >= 0.6 is 0 Å². The third kappa shape index (κ3) is 4.69. The molecule has 0 saturated heterocycles. The maximum atomic E-state index is 12.8. The Kier molecular flexibility index (Phi) is 5.68. The van der Waals surface area contributed by atoms with Gasteiger partial charge in [-0.1, -0.05) is 0 Å². The molecule has 110 valence electrons. The largest absolute Gasteiger partial charge is 0.383 e. The third-order valence-corrected chi connectivity index (χ3v) is 3.66. The predicted octanol–water partition coefficient (Wildman–Crippen LogP) is 2.90. The van der Waals surface area contributed by atoms with Crippen LogP contribution in [0.4, 0.5) is 4.39 Å². The molecule has 0 spiro atoms. The lowest BCUT2D eigenvalue weighted by Gasteiger charge is -2.21. The van der Waals surface area contributed by atoms with Crippen molar-refractivity contribution in [2.45, 2.75) is 31.7 Å². The molecule has 1 aromatic carbocycles. The van der Waals surface area contributed by atoms with Crippen LogP contribution < -0.4 is 0 Å². The molecule has 3 nitrogen and oxygen atoms in total. The van der Waals surface area contributed by atoms with E-state index in [-0.39, 0.29) is 11.6 Å². The Morgan fingerprint density at radius 2 is 2.00 bits per heavy atom. The van der Waals surface area contributed by atoms with Gasteiger partial charge in [0.2, 0.25) is 0 Å². The van der Waals surface area contributed by atoms with E-state index in [2.05, 4.69) is 4.90 Å². The lowest BCUT2D eigenvalue weighted by Crippen LogP contribution is -2.30. The Morgan fingerprint density at radius 1 is 1.30 bits per heavy atom. The second kappa shape index (κ2) is 7.50. The molecule has 0 unspecified atom stereocenters. The minimum Gasteiger partial charge on any atom is -0.383 e. The highest BCUT2D eigenvalue weighted by Crippen LogP contribution is 2.26. The molecule has 0 N–H and O–H groups in total. The van der Waals surface area contributed by atoms with Crippen molar-refractivity contribution < 1.29 is 13.9 Å². The zero-order chi connectivity index (χ0) is 14.4. The molecule has 2 rings (SSSR count). The Labute approximate surface area is 119 Å². The number of methoxy groups -OCH3 is 1. The first-order valence-corrected chi connectivity index (χ1v) is 7.22. The fourth-order valence-electron chi connectivity index (χ4n) is 2.35. The number of nitrogens with zero attached hydrogens (tertiary/aromatic N) is 1. The summed E-state index contributed by atoms with van der Waals surface area (Å²) in [6, 6.07) is 6.47. The number of rotatable bonds is 9. The van der Waals surface area contributed by atoms with Crippen molar-refractivity contribution in [1.29, 1.82) is 0 Å². The third-order valence-electron chi connectivity index (χ3n) is 3.66. The molecule has 0 heterocycles. The van der Waals surface area contributed by atoms with Gasteiger partial charge >= 0.3 is 0 Å². The van der Waals surface area contributed by atoms with Crippen molar-refractivity contribution in [3.63, 3.8) is 0 Å². The zero-order valence-corrected chi connectivity index (χ0v) is 12.0. The summed E-state index contributed by atoms with van der Waals surface area (Å²) in [6.07, 6.45) is 3.88. The summed E-state index contributed by atoms with van der Waals surface area (Å²) < 4.78 is 17.9. The van der Waals surface area contributed by atoms with E-state index < -0.39 is 0 Å². The maximum Gasteiger partial charge on any atom is 0.162 e. The van der Waals surface area contributed by atoms with Gasteiger partial charge in [0.15, 0.2) is 5.78 Å². The van der Waals surface area contributed by atoms with Crippen molar-refractivity contribution in [1.82, 2.24) is 4.90 Å². The summed E-state index contributed by atoms with van der Waals surface area (Å²) in [5.41, 5.74) is 0.598. The number of ether oxygens (including phenoxy) is 1. The van der Waals surface area contributed by atoms with Crippen molar-refractivity contribution in [2.75, 3.05) is 26.8 Å². The first kappa shape index (κ1) is 15.1. The lowest BCUT2D eigenvalue weighted by molar-refractivity contribution is 0.0968. The highest BCUT2D eigenvalue weighted by atomic mass is 19.1. The molecule has 0 radical (unpaired) electrons. The van der Waals surface area contributed by atoms with Gasteiger partial charge in [-0.2, -0.15) is 0 Å². The summed E-state index contributed by atoms with van der Waals surface area (Å²) in [5, 5.41) is 0. The highest BCUT2D eigenvalue weighted by molar-refractivity contribution is 5.95. The number of ketones is 1. The van der Waals surface area contributed by atoms with Crippen LogP contribution in [0.3, 0.4) is 0 Å². The molecule has 1 aliphatic rings. The molecule has 1 aromatic rings. The van der Waals surface area contributed by atoms with Crippen molar-refractivity contribution >= 4 is 5.78 Å². The molecule has 4 heteroatoms. The number of hydrogen-bond donors (Lipinski definition) is 0. The van der Waals surface area contributed by atoms with Gasteiger partial charge in [0.1, 0.15) is 5.82 Å². The average molecular weight is 279 g/mol. The molecule has 1 saturated carbocycles. The minimum absolute atomic E-state index is 0.0903. The van der Waals surface area contributed by atoms with Gasteiger partial charge < -0.3 is 4.74 Å². The van der Waals surface area contributed by atoms with E-state index in [9.17, 15) is 9.18 Å². The molecule has 0 aromatic heterocycles. The molecule has 20 heavy (non-hydrogen) atoms. The van der Waals surface area contributed by atoms with Crippen LogP contribution in [0, 0.1) is 5.82 Å². The van der Waals surface area contributed by atoms with Crippen molar-refractivity contribution in [3.05, 3.63) is 35.6 Å². The first-order valence-electron chi connectivity index (χ1n) is 7.22. The van der Waals surface area contributed by atoms with Crippen molar-refractivity contribution in [2.24, 2.45) is 0 Å². The molecule has 1 fully saturated rings. The van der Waals surface area contributed by atoms with Crippen LogP contribution in [0.5, 0.6) is 0 Å². The van der Waals surface area contributed by atoms with E-state index in [1.54, 1.807) is 19.2 Å². The molecule has 0 bridgehead atoms. The van der Waals surface area contributed by atoms with E-state index in [1.807, 2.05) is 0 Å². The quantitative estimate of drug-likeness (QED) is 0.651. The summed E-state index contributed by atoms with van der Waals surface area (Å²) in [6.45, 7) is 2.61. The Hall–Kier alpha value is -1.26. The van der Waals surface area contributed by atoms with Crippen LogP contribution in [-0.2, 0) is 4.74 Å². The van der Waals surface area contributed by atoms with Gasteiger partial charge in [0, 0.05) is 31.7 Å². The zero-order valence-electron chi connectivity index (χ0n) is 12.0. The van der Waals surface area contributed by atoms with Gasteiger partial charge in [-0.25, -0.2) is 4.39 Å². The smallest absolute Gasteiger partial charge is 0.162 e. The van der Waals surface area contributed by atoms with Crippen LogP contribution in [-0.4, -0.2) is 43.5 Å². The predicted molar refractivity (Wildman–Crippen MR) is 76.4 cm³/mol. The van der Waals surface area contributed by atoms with Gasteiger partial charge in [-0.3, -0.25) is 9.69 Å². The number of Topliss-reactive ketones (excluding diaryl/α,β-unsaturated/α-hetero) is 1. The van der Waals surface area contributed by atoms with Gasteiger partial charge in [-0.05, 0) is 50.1 Å². The van der Waals surface area contributed by atoms with Gasteiger partial charge in [-0.15, -0.1) is 0 Å². The second-order valence-electron chi connectivity index (χ2n) is 5.29. The SMILES string of the molecule is COCCN(CCCC(=O)c1ccc(F)cc1)C1CC1. The Bertz CT molecular complexity index is 429. The number of carbonyl (C=O) groups is 1. The van der Waals surface area contributed by atoms with Crippen LogP contribution in [0.1, 0.15) is 36.0 Å². The molecular weight excluding hydrogens is 257 g/mol. The van der Waals surface area contributed by atoms with Crippen molar-refractivity contribution in [3.8, 4) is 0 Å². The van der Waals surface area contributed by atoms with Gasteiger partial charge in [0.05, 0.1) is 6.61 Å². The lowest BCUT2D eigenvalue weighted by atomic mass is 10.1. The standard InChI is InChI=1S/C16H22FNO2/c1-20-12-11-18(15-8-9-15)10-2-3-16(19)13-4-6-14(17)7-5-13/h4-7,15H,2-3,8-12H2,1H3. The molecule has 0 atom stereocenters. The average Bonchev–Trinajstić information content (AvgIpc) is 3.27. The van der Waals surface area contributed by atoms with Crippen LogP contribution in [0.2, 0.25) is 0 Å². The number of benzene rings is 1. The van der Waals surface area contributed by atoms with E-state index in [0.29, 0.717) is 18.0 Å².